The second-order valence-corrected chi connectivity index (χ2v) is 5.66. The number of amides is 1. The average molecular weight is 288 g/mol. The van der Waals surface area contributed by atoms with Crippen LogP contribution in [0.2, 0.25) is 0 Å². The number of hydrogen-bond donors (Lipinski definition) is 2. The lowest BCUT2D eigenvalue weighted by Crippen LogP contribution is -2.22. The van der Waals surface area contributed by atoms with Crippen molar-refractivity contribution in [2.45, 2.75) is 24.3 Å². The van der Waals surface area contributed by atoms with E-state index >= 15 is 0 Å². The van der Waals surface area contributed by atoms with Gasteiger partial charge in [0, 0.05) is 23.3 Å². The highest BCUT2D eigenvalue weighted by Gasteiger charge is 2.16. The van der Waals surface area contributed by atoms with E-state index in [0.717, 1.165) is 11.4 Å². The molecule has 1 heterocycles. The Labute approximate surface area is 122 Å². The average Bonchev–Trinajstić information content (AvgIpc) is 2.41. The molecular formula is C14H16N4OS. The molecule has 0 aliphatic heterocycles. The van der Waals surface area contributed by atoms with Crippen LogP contribution in [0, 0.1) is 6.92 Å². The lowest BCUT2D eigenvalue weighted by atomic mass is 10.3. The summed E-state index contributed by atoms with van der Waals surface area (Å²) in [5.41, 5.74) is 7.87. The van der Waals surface area contributed by atoms with Gasteiger partial charge in [-0.3, -0.25) is 4.79 Å². The van der Waals surface area contributed by atoms with Crippen molar-refractivity contribution in [3.63, 3.8) is 0 Å². The van der Waals surface area contributed by atoms with Crippen molar-refractivity contribution in [3.8, 4) is 0 Å². The van der Waals surface area contributed by atoms with Crippen LogP contribution in [0.4, 0.5) is 11.4 Å². The van der Waals surface area contributed by atoms with Gasteiger partial charge in [0.2, 0.25) is 5.91 Å². The number of rotatable bonds is 4. The van der Waals surface area contributed by atoms with Crippen molar-refractivity contribution in [2.75, 3.05) is 11.1 Å². The van der Waals surface area contributed by atoms with Crippen LogP contribution >= 0.6 is 11.8 Å². The molecule has 0 saturated carbocycles. The van der Waals surface area contributed by atoms with Crippen LogP contribution in [-0.2, 0) is 4.79 Å². The molecule has 3 N–H and O–H groups in total. The van der Waals surface area contributed by atoms with Gasteiger partial charge in [0.25, 0.3) is 0 Å². The van der Waals surface area contributed by atoms with E-state index < -0.39 is 0 Å². The topological polar surface area (TPSA) is 80.9 Å². The summed E-state index contributed by atoms with van der Waals surface area (Å²) in [7, 11) is 0. The molecule has 0 aliphatic carbocycles. The number of nitrogen functional groups attached to an aromatic ring is 1. The van der Waals surface area contributed by atoms with Gasteiger partial charge in [-0.2, -0.15) is 0 Å². The fourth-order valence-electron chi connectivity index (χ4n) is 1.50. The van der Waals surface area contributed by atoms with E-state index in [9.17, 15) is 4.79 Å². The monoisotopic (exact) mass is 288 g/mol. The summed E-state index contributed by atoms with van der Waals surface area (Å²) < 4.78 is 0. The Hall–Kier alpha value is -2.08. The molecule has 0 spiro atoms. The van der Waals surface area contributed by atoms with E-state index in [1.165, 1.54) is 11.8 Å². The smallest absolute Gasteiger partial charge is 0.237 e. The summed E-state index contributed by atoms with van der Waals surface area (Å²) in [5.74, 6) is -0.0927. The van der Waals surface area contributed by atoms with E-state index in [1.54, 1.807) is 30.5 Å². The molecule has 2 aromatic rings. The molecule has 0 aliphatic rings. The molecule has 0 bridgehead atoms. The second-order valence-electron chi connectivity index (χ2n) is 4.35. The minimum Gasteiger partial charge on any atom is -0.399 e. The third-order valence-corrected chi connectivity index (χ3v) is 3.58. The van der Waals surface area contributed by atoms with Gasteiger partial charge < -0.3 is 11.1 Å². The molecular weight excluding hydrogens is 272 g/mol. The third-order valence-electron chi connectivity index (χ3n) is 2.60. The first-order chi connectivity index (χ1) is 9.54. The van der Waals surface area contributed by atoms with Gasteiger partial charge in [-0.15, -0.1) is 0 Å². The van der Waals surface area contributed by atoms with E-state index in [1.807, 2.05) is 19.9 Å². The molecule has 0 saturated heterocycles. The van der Waals surface area contributed by atoms with Crippen molar-refractivity contribution in [2.24, 2.45) is 0 Å². The van der Waals surface area contributed by atoms with Crippen LogP contribution in [-0.4, -0.2) is 21.1 Å². The molecule has 0 radical (unpaired) electrons. The molecule has 2 rings (SSSR count). The molecule has 104 valence electrons. The summed E-state index contributed by atoms with van der Waals surface area (Å²) in [6.07, 6.45) is 1.69. The first-order valence-electron chi connectivity index (χ1n) is 6.17. The highest BCUT2D eigenvalue weighted by molar-refractivity contribution is 8.00. The molecule has 20 heavy (non-hydrogen) atoms. The number of carbonyl (C=O) groups excluding carboxylic acids is 1. The zero-order chi connectivity index (χ0) is 14.5. The number of anilines is 2. The molecule has 0 fully saturated rings. The number of nitrogens with two attached hydrogens (primary N) is 1. The molecule has 1 amide bonds. The minimum absolute atomic E-state index is 0.0927. The number of thioether (sulfide) groups is 1. The first-order valence-corrected chi connectivity index (χ1v) is 7.05. The van der Waals surface area contributed by atoms with Crippen LogP contribution in [0.5, 0.6) is 0 Å². The molecule has 1 unspecified atom stereocenters. The van der Waals surface area contributed by atoms with Crippen molar-refractivity contribution in [3.05, 3.63) is 42.2 Å². The van der Waals surface area contributed by atoms with Crippen LogP contribution in [0.3, 0.4) is 0 Å². The number of hydrogen-bond acceptors (Lipinski definition) is 5. The Morgan fingerprint density at radius 3 is 2.65 bits per heavy atom. The van der Waals surface area contributed by atoms with Gasteiger partial charge in [-0.1, -0.05) is 11.8 Å². The summed E-state index contributed by atoms with van der Waals surface area (Å²) in [4.78, 5) is 20.5. The molecule has 1 aromatic heterocycles. The molecule has 1 atom stereocenters. The first kappa shape index (κ1) is 14.3. The fraction of sp³-hybridized carbons (Fsp3) is 0.214. The Morgan fingerprint density at radius 1 is 1.30 bits per heavy atom. The number of carbonyl (C=O) groups is 1. The quantitative estimate of drug-likeness (QED) is 0.513. The Morgan fingerprint density at radius 2 is 2.00 bits per heavy atom. The van der Waals surface area contributed by atoms with Crippen LogP contribution in [0.15, 0.2) is 41.7 Å². The largest absolute Gasteiger partial charge is 0.399 e. The lowest BCUT2D eigenvalue weighted by Gasteiger charge is -2.11. The second kappa shape index (κ2) is 6.38. The molecule has 1 aromatic carbocycles. The SMILES string of the molecule is Cc1ccnc(SC(C)C(=O)Nc2ccc(N)cc2)n1. The highest BCUT2D eigenvalue weighted by Crippen LogP contribution is 2.20. The van der Waals surface area contributed by atoms with E-state index in [4.69, 9.17) is 5.73 Å². The number of nitrogens with zero attached hydrogens (tertiary/aromatic N) is 2. The maximum atomic E-state index is 12.1. The normalized spacial score (nSPS) is 11.9. The Balaban J connectivity index is 1.96. The van der Waals surface area contributed by atoms with Gasteiger partial charge in [-0.05, 0) is 44.2 Å². The van der Waals surface area contributed by atoms with Crippen LogP contribution in [0.1, 0.15) is 12.6 Å². The summed E-state index contributed by atoms with van der Waals surface area (Å²) >= 11 is 1.33. The van der Waals surface area contributed by atoms with Gasteiger partial charge in [0.1, 0.15) is 0 Å². The standard InChI is InChI=1S/C14H16N4OS/c1-9-7-8-16-14(17-9)20-10(2)13(19)18-12-5-3-11(15)4-6-12/h3-8,10H,15H2,1-2H3,(H,18,19). The van der Waals surface area contributed by atoms with Crippen molar-refractivity contribution in [1.82, 2.24) is 9.97 Å². The third kappa shape index (κ3) is 3.96. The fourth-order valence-corrected chi connectivity index (χ4v) is 2.31. The minimum atomic E-state index is -0.283. The van der Waals surface area contributed by atoms with Gasteiger partial charge >= 0.3 is 0 Å². The number of aromatic nitrogens is 2. The number of nitrogens with one attached hydrogen (secondary N) is 1. The maximum Gasteiger partial charge on any atom is 0.237 e. The van der Waals surface area contributed by atoms with Crippen LogP contribution in [0.25, 0.3) is 0 Å². The lowest BCUT2D eigenvalue weighted by molar-refractivity contribution is -0.115. The van der Waals surface area contributed by atoms with Gasteiger partial charge in [-0.25, -0.2) is 9.97 Å². The van der Waals surface area contributed by atoms with Crippen molar-refractivity contribution in [1.29, 1.82) is 0 Å². The van der Waals surface area contributed by atoms with E-state index in [-0.39, 0.29) is 11.2 Å². The predicted molar refractivity (Wildman–Crippen MR) is 81.6 cm³/mol. The van der Waals surface area contributed by atoms with Gasteiger partial charge in [0.05, 0.1) is 5.25 Å². The Bertz CT molecular complexity index is 600. The van der Waals surface area contributed by atoms with E-state index in [2.05, 4.69) is 15.3 Å². The van der Waals surface area contributed by atoms with Crippen molar-refractivity contribution >= 4 is 29.0 Å². The van der Waals surface area contributed by atoms with Gasteiger partial charge in [0.15, 0.2) is 5.16 Å². The summed E-state index contributed by atoms with van der Waals surface area (Å²) in [6.45, 7) is 3.72. The predicted octanol–water partition coefficient (Wildman–Crippen LogP) is 2.49. The molecule has 5 nitrogen and oxygen atoms in total. The maximum absolute atomic E-state index is 12.1. The highest BCUT2D eigenvalue weighted by atomic mass is 32.2. The zero-order valence-electron chi connectivity index (χ0n) is 11.3. The van der Waals surface area contributed by atoms with E-state index in [0.29, 0.717) is 10.8 Å². The Kier molecular flexibility index (Phi) is 4.57. The summed E-state index contributed by atoms with van der Waals surface area (Å²) in [5, 5.41) is 3.15. The van der Waals surface area contributed by atoms with Crippen molar-refractivity contribution < 1.29 is 4.79 Å². The number of aryl methyl sites for hydroxylation is 1. The summed E-state index contributed by atoms with van der Waals surface area (Å²) in [6, 6.07) is 8.86. The molecule has 6 heteroatoms. The number of benzene rings is 1. The zero-order valence-corrected chi connectivity index (χ0v) is 12.1. The van der Waals surface area contributed by atoms with Crippen LogP contribution < -0.4 is 11.1 Å².